The summed E-state index contributed by atoms with van der Waals surface area (Å²) in [6.45, 7) is 3.62. The molecule has 0 bridgehead atoms. The van der Waals surface area contributed by atoms with Gasteiger partial charge < -0.3 is 9.73 Å². The van der Waals surface area contributed by atoms with Gasteiger partial charge in [-0.3, -0.25) is 0 Å². The van der Waals surface area contributed by atoms with Gasteiger partial charge in [0.1, 0.15) is 11.5 Å². The molecule has 5 heteroatoms. The maximum Gasteiger partial charge on any atom is 0.416 e. The number of nitrogens with one attached hydrogen (secondary N) is 1. The van der Waals surface area contributed by atoms with Gasteiger partial charge in [0.25, 0.3) is 0 Å². The van der Waals surface area contributed by atoms with Crippen LogP contribution in [0, 0.1) is 13.8 Å². The highest BCUT2D eigenvalue weighted by Gasteiger charge is 2.32. The summed E-state index contributed by atoms with van der Waals surface area (Å²) in [5.74, 6) is 1.46. The Hall–Kier alpha value is -1.91. The second-order valence-electron chi connectivity index (χ2n) is 4.39. The highest BCUT2D eigenvalue weighted by atomic mass is 19.4. The molecular weight excluding hydrogens is 255 g/mol. The first-order chi connectivity index (χ1) is 8.86. The Bertz CT molecular complexity index is 572. The first-order valence-electron chi connectivity index (χ1n) is 5.83. The van der Waals surface area contributed by atoms with Crippen LogP contribution in [-0.2, 0) is 12.7 Å². The lowest BCUT2D eigenvalue weighted by atomic mass is 10.1. The Morgan fingerprint density at radius 3 is 2.42 bits per heavy atom. The third-order valence-electron chi connectivity index (χ3n) is 2.81. The number of aryl methyl sites for hydroxylation is 2. The zero-order valence-electron chi connectivity index (χ0n) is 10.6. The van der Waals surface area contributed by atoms with Crippen molar-refractivity contribution < 1.29 is 17.6 Å². The molecule has 2 nitrogen and oxygen atoms in total. The molecule has 1 aromatic heterocycles. The van der Waals surface area contributed by atoms with E-state index in [1.807, 2.05) is 13.0 Å². The molecule has 0 radical (unpaired) electrons. The maximum absolute atomic E-state index is 12.7. The van der Waals surface area contributed by atoms with Gasteiger partial charge >= 0.3 is 6.18 Å². The van der Waals surface area contributed by atoms with Gasteiger partial charge in [0.05, 0.1) is 12.1 Å². The Balaban J connectivity index is 2.13. The number of anilines is 1. The van der Waals surface area contributed by atoms with Gasteiger partial charge in [-0.1, -0.05) is 6.07 Å². The van der Waals surface area contributed by atoms with E-state index in [2.05, 4.69) is 5.32 Å². The van der Waals surface area contributed by atoms with E-state index in [-0.39, 0.29) is 5.56 Å². The van der Waals surface area contributed by atoms with E-state index in [4.69, 9.17) is 4.42 Å². The molecule has 2 aromatic rings. The topological polar surface area (TPSA) is 25.2 Å². The quantitative estimate of drug-likeness (QED) is 0.885. The molecule has 0 atom stereocenters. The fourth-order valence-electron chi connectivity index (χ4n) is 1.81. The highest BCUT2D eigenvalue weighted by molar-refractivity contribution is 5.49. The highest BCUT2D eigenvalue weighted by Crippen LogP contribution is 2.33. The average molecular weight is 269 g/mol. The number of halogens is 3. The van der Waals surface area contributed by atoms with Crippen LogP contribution in [0.15, 0.2) is 34.7 Å². The summed E-state index contributed by atoms with van der Waals surface area (Å²) in [5.41, 5.74) is 0.0204. The third-order valence-corrected chi connectivity index (χ3v) is 2.81. The number of rotatable bonds is 3. The number of benzene rings is 1. The zero-order valence-corrected chi connectivity index (χ0v) is 10.6. The standard InChI is InChI=1S/C14H14F3NO/c1-9-3-5-11(7-13(9)14(15,16)17)18-8-12-6-4-10(2)19-12/h3-7,18H,8H2,1-2H3. The van der Waals surface area contributed by atoms with Crippen LogP contribution in [0.1, 0.15) is 22.6 Å². The van der Waals surface area contributed by atoms with Crippen molar-refractivity contribution in [3.8, 4) is 0 Å². The molecule has 1 N–H and O–H groups in total. The van der Waals surface area contributed by atoms with E-state index in [0.29, 0.717) is 18.0 Å². The van der Waals surface area contributed by atoms with E-state index in [0.717, 1.165) is 11.8 Å². The molecule has 0 fully saturated rings. The number of alkyl halides is 3. The molecule has 0 saturated heterocycles. The summed E-state index contributed by atoms with van der Waals surface area (Å²) in [6, 6.07) is 7.80. The third kappa shape index (κ3) is 3.30. The monoisotopic (exact) mass is 269 g/mol. The molecule has 19 heavy (non-hydrogen) atoms. The predicted molar refractivity (Wildman–Crippen MR) is 67.0 cm³/mol. The van der Waals surface area contributed by atoms with Gasteiger partial charge in [-0.05, 0) is 43.7 Å². The summed E-state index contributed by atoms with van der Waals surface area (Å²) >= 11 is 0. The predicted octanol–water partition coefficient (Wildman–Crippen LogP) is 4.53. The van der Waals surface area contributed by atoms with Crippen molar-refractivity contribution in [2.45, 2.75) is 26.6 Å². The van der Waals surface area contributed by atoms with Crippen LogP contribution in [0.3, 0.4) is 0 Å². The SMILES string of the molecule is Cc1ccc(CNc2ccc(C)c(C(F)(F)F)c2)o1. The number of hydrogen-bond donors (Lipinski definition) is 1. The molecule has 0 spiro atoms. The van der Waals surface area contributed by atoms with Gasteiger partial charge in [-0.25, -0.2) is 0 Å². The van der Waals surface area contributed by atoms with Gasteiger partial charge in [0.2, 0.25) is 0 Å². The molecule has 0 aliphatic rings. The van der Waals surface area contributed by atoms with Crippen molar-refractivity contribution >= 4 is 5.69 Å². The largest absolute Gasteiger partial charge is 0.465 e. The lowest BCUT2D eigenvalue weighted by Gasteiger charge is -2.12. The molecule has 0 aliphatic heterocycles. The minimum atomic E-state index is -4.33. The molecule has 0 amide bonds. The minimum Gasteiger partial charge on any atom is -0.465 e. The molecule has 1 aromatic carbocycles. The average Bonchev–Trinajstić information content (AvgIpc) is 2.72. The summed E-state index contributed by atoms with van der Waals surface area (Å²) < 4.78 is 43.6. The summed E-state index contributed by atoms with van der Waals surface area (Å²) in [7, 11) is 0. The number of furan rings is 1. The van der Waals surface area contributed by atoms with E-state index in [9.17, 15) is 13.2 Å². The van der Waals surface area contributed by atoms with Gasteiger partial charge in [0, 0.05) is 5.69 Å². The van der Waals surface area contributed by atoms with E-state index in [1.165, 1.54) is 13.0 Å². The second-order valence-corrected chi connectivity index (χ2v) is 4.39. The van der Waals surface area contributed by atoms with Crippen molar-refractivity contribution in [2.75, 3.05) is 5.32 Å². The van der Waals surface area contributed by atoms with Crippen LogP contribution < -0.4 is 5.32 Å². The summed E-state index contributed by atoms with van der Waals surface area (Å²) in [4.78, 5) is 0. The van der Waals surface area contributed by atoms with Crippen LogP contribution in [0.5, 0.6) is 0 Å². The lowest BCUT2D eigenvalue weighted by molar-refractivity contribution is -0.138. The summed E-state index contributed by atoms with van der Waals surface area (Å²) in [5, 5.41) is 2.92. The van der Waals surface area contributed by atoms with Crippen LogP contribution in [0.25, 0.3) is 0 Å². The first kappa shape index (κ1) is 13.5. The second kappa shape index (κ2) is 4.99. The smallest absolute Gasteiger partial charge is 0.416 e. The fraction of sp³-hybridized carbons (Fsp3) is 0.286. The maximum atomic E-state index is 12.7. The van der Waals surface area contributed by atoms with Gasteiger partial charge in [-0.15, -0.1) is 0 Å². The van der Waals surface area contributed by atoms with Crippen LogP contribution in [-0.4, -0.2) is 0 Å². The summed E-state index contributed by atoms with van der Waals surface area (Å²) in [6.07, 6.45) is -4.33. The van der Waals surface area contributed by atoms with Gasteiger partial charge in [0.15, 0.2) is 0 Å². The normalized spacial score (nSPS) is 11.6. The Morgan fingerprint density at radius 1 is 1.11 bits per heavy atom. The van der Waals surface area contributed by atoms with Crippen molar-refractivity contribution in [1.29, 1.82) is 0 Å². The van der Waals surface area contributed by atoms with Crippen molar-refractivity contribution in [3.63, 3.8) is 0 Å². The van der Waals surface area contributed by atoms with Crippen LogP contribution >= 0.6 is 0 Å². The number of hydrogen-bond acceptors (Lipinski definition) is 2. The molecule has 1 heterocycles. The zero-order chi connectivity index (χ0) is 14.0. The Labute approximate surface area is 109 Å². The van der Waals surface area contributed by atoms with Crippen molar-refractivity contribution in [2.24, 2.45) is 0 Å². The minimum absolute atomic E-state index is 0.215. The Kier molecular flexibility index (Phi) is 3.55. The van der Waals surface area contributed by atoms with Crippen LogP contribution in [0.2, 0.25) is 0 Å². The molecule has 102 valence electrons. The molecule has 0 aliphatic carbocycles. The van der Waals surface area contributed by atoms with Crippen molar-refractivity contribution in [3.05, 3.63) is 53.0 Å². The first-order valence-corrected chi connectivity index (χ1v) is 5.83. The van der Waals surface area contributed by atoms with E-state index in [1.54, 1.807) is 12.1 Å². The fourth-order valence-corrected chi connectivity index (χ4v) is 1.81. The molecule has 2 rings (SSSR count). The van der Waals surface area contributed by atoms with Crippen molar-refractivity contribution in [1.82, 2.24) is 0 Å². The van der Waals surface area contributed by atoms with E-state index >= 15 is 0 Å². The molecule has 0 unspecified atom stereocenters. The van der Waals surface area contributed by atoms with Crippen LogP contribution in [0.4, 0.5) is 18.9 Å². The van der Waals surface area contributed by atoms with E-state index < -0.39 is 11.7 Å². The molecule has 0 saturated carbocycles. The molecular formula is C14H14F3NO. The Morgan fingerprint density at radius 2 is 1.84 bits per heavy atom. The lowest BCUT2D eigenvalue weighted by Crippen LogP contribution is -2.08. The van der Waals surface area contributed by atoms with Gasteiger partial charge in [-0.2, -0.15) is 13.2 Å².